The first-order valence-corrected chi connectivity index (χ1v) is 7.09. The Morgan fingerprint density at radius 2 is 1.89 bits per heavy atom. The summed E-state index contributed by atoms with van der Waals surface area (Å²) in [5.74, 6) is 0.829. The minimum Gasteiger partial charge on any atom is -0.369 e. The first-order valence-electron chi connectivity index (χ1n) is 7.09. The van der Waals surface area contributed by atoms with Crippen molar-refractivity contribution in [3.05, 3.63) is 48.3 Å². The van der Waals surface area contributed by atoms with Crippen molar-refractivity contribution in [2.75, 3.05) is 18.0 Å². The number of rotatable bonds is 3. The van der Waals surface area contributed by atoms with E-state index in [4.69, 9.17) is 0 Å². The van der Waals surface area contributed by atoms with Crippen molar-refractivity contribution >= 4 is 5.69 Å². The highest BCUT2D eigenvalue weighted by molar-refractivity contribution is 5.42. The number of hydrogen-bond acceptors (Lipinski definition) is 2. The van der Waals surface area contributed by atoms with Gasteiger partial charge < -0.3 is 4.90 Å². The van der Waals surface area contributed by atoms with Crippen LogP contribution in [0.25, 0.3) is 0 Å². The summed E-state index contributed by atoms with van der Waals surface area (Å²) in [7, 11) is 1.98. The highest BCUT2D eigenvalue weighted by atomic mass is 15.3. The molecule has 3 nitrogen and oxygen atoms in total. The molecular weight excluding hydrogens is 234 g/mol. The Hall–Kier alpha value is -1.77. The van der Waals surface area contributed by atoms with Gasteiger partial charge in [0.1, 0.15) is 0 Å². The Kier molecular flexibility index (Phi) is 3.53. The monoisotopic (exact) mass is 255 g/mol. The Bertz CT molecular complexity index is 510. The van der Waals surface area contributed by atoms with Crippen LogP contribution >= 0.6 is 0 Å². The van der Waals surface area contributed by atoms with Crippen molar-refractivity contribution < 1.29 is 0 Å². The largest absolute Gasteiger partial charge is 0.369 e. The molecule has 0 spiro atoms. The molecule has 0 amide bonds. The van der Waals surface area contributed by atoms with Gasteiger partial charge in [0.2, 0.25) is 0 Å². The summed E-state index contributed by atoms with van der Waals surface area (Å²) in [6, 6.07) is 10.9. The standard InChI is InChI=1S/C16H21N3/c1-18-13-16(12-17-18)19-9-7-15(8-10-19)11-14-5-3-2-4-6-14/h2-6,12-13,15H,7-11H2,1H3. The quantitative estimate of drug-likeness (QED) is 0.841. The lowest BCUT2D eigenvalue weighted by molar-refractivity contribution is 0.403. The lowest BCUT2D eigenvalue weighted by Crippen LogP contribution is -2.34. The van der Waals surface area contributed by atoms with E-state index in [-0.39, 0.29) is 0 Å². The van der Waals surface area contributed by atoms with Crippen LogP contribution in [0, 0.1) is 5.92 Å². The molecule has 0 N–H and O–H groups in total. The van der Waals surface area contributed by atoms with Crippen molar-refractivity contribution in [3.63, 3.8) is 0 Å². The van der Waals surface area contributed by atoms with Gasteiger partial charge in [-0.15, -0.1) is 0 Å². The van der Waals surface area contributed by atoms with Crippen molar-refractivity contribution in [1.29, 1.82) is 0 Å². The molecule has 2 aromatic rings. The van der Waals surface area contributed by atoms with E-state index in [0.29, 0.717) is 0 Å². The number of anilines is 1. The molecule has 100 valence electrons. The van der Waals surface area contributed by atoms with Gasteiger partial charge in [0.15, 0.2) is 0 Å². The smallest absolute Gasteiger partial charge is 0.0752 e. The lowest BCUT2D eigenvalue weighted by atomic mass is 9.90. The third-order valence-electron chi connectivity index (χ3n) is 4.04. The van der Waals surface area contributed by atoms with E-state index in [0.717, 1.165) is 19.0 Å². The fourth-order valence-electron chi connectivity index (χ4n) is 2.91. The minimum atomic E-state index is 0.829. The molecule has 1 aliphatic heterocycles. The molecule has 3 heteroatoms. The second kappa shape index (κ2) is 5.47. The predicted octanol–water partition coefficient (Wildman–Crippen LogP) is 2.88. The third kappa shape index (κ3) is 2.98. The average molecular weight is 255 g/mol. The SMILES string of the molecule is Cn1cc(N2CCC(Cc3ccccc3)CC2)cn1. The van der Waals surface area contributed by atoms with Gasteiger partial charge in [-0.25, -0.2) is 0 Å². The summed E-state index contributed by atoms with van der Waals surface area (Å²) in [4.78, 5) is 2.45. The summed E-state index contributed by atoms with van der Waals surface area (Å²) in [5.41, 5.74) is 2.74. The number of aryl methyl sites for hydroxylation is 1. The van der Waals surface area contributed by atoms with Crippen LogP contribution in [-0.2, 0) is 13.5 Å². The van der Waals surface area contributed by atoms with E-state index < -0.39 is 0 Å². The fourth-order valence-corrected chi connectivity index (χ4v) is 2.91. The molecule has 0 radical (unpaired) electrons. The number of benzene rings is 1. The Morgan fingerprint density at radius 3 is 2.53 bits per heavy atom. The number of aromatic nitrogens is 2. The Balaban J connectivity index is 1.55. The first-order chi connectivity index (χ1) is 9.31. The summed E-state index contributed by atoms with van der Waals surface area (Å²) < 4.78 is 1.88. The van der Waals surface area contributed by atoms with Gasteiger partial charge in [-0.2, -0.15) is 5.10 Å². The van der Waals surface area contributed by atoms with Gasteiger partial charge in [-0.05, 0) is 30.7 Å². The van der Waals surface area contributed by atoms with E-state index in [1.54, 1.807) is 0 Å². The molecule has 0 saturated carbocycles. The molecule has 0 bridgehead atoms. The Labute approximate surface area is 114 Å². The fraction of sp³-hybridized carbons (Fsp3) is 0.438. The molecule has 1 aromatic carbocycles. The molecule has 0 aliphatic carbocycles. The van der Waals surface area contributed by atoms with Crippen LogP contribution in [0.15, 0.2) is 42.7 Å². The van der Waals surface area contributed by atoms with Crippen LogP contribution in [0.4, 0.5) is 5.69 Å². The van der Waals surface area contributed by atoms with E-state index >= 15 is 0 Å². The Morgan fingerprint density at radius 1 is 1.16 bits per heavy atom. The van der Waals surface area contributed by atoms with E-state index in [1.165, 1.54) is 30.5 Å². The van der Waals surface area contributed by atoms with Gasteiger partial charge in [-0.1, -0.05) is 30.3 Å². The summed E-state index contributed by atoms with van der Waals surface area (Å²) in [6.45, 7) is 2.31. The molecule has 2 heterocycles. The number of nitrogens with zero attached hydrogens (tertiary/aromatic N) is 3. The van der Waals surface area contributed by atoms with Crippen LogP contribution in [0.3, 0.4) is 0 Å². The average Bonchev–Trinajstić information content (AvgIpc) is 2.87. The molecule has 19 heavy (non-hydrogen) atoms. The van der Waals surface area contributed by atoms with E-state index in [1.807, 2.05) is 17.9 Å². The van der Waals surface area contributed by atoms with Crippen LogP contribution in [0.2, 0.25) is 0 Å². The zero-order chi connectivity index (χ0) is 13.1. The van der Waals surface area contributed by atoms with E-state index in [9.17, 15) is 0 Å². The van der Waals surface area contributed by atoms with Gasteiger partial charge in [0.05, 0.1) is 11.9 Å². The van der Waals surface area contributed by atoms with E-state index in [2.05, 4.69) is 46.5 Å². The van der Waals surface area contributed by atoms with Gasteiger partial charge >= 0.3 is 0 Å². The van der Waals surface area contributed by atoms with Crippen LogP contribution < -0.4 is 4.90 Å². The summed E-state index contributed by atoms with van der Waals surface area (Å²) in [6.07, 6.45) is 7.87. The van der Waals surface area contributed by atoms with Crippen molar-refractivity contribution in [2.45, 2.75) is 19.3 Å². The van der Waals surface area contributed by atoms with Crippen molar-refractivity contribution in [3.8, 4) is 0 Å². The molecular formula is C16H21N3. The van der Waals surface area contributed by atoms with Gasteiger partial charge in [-0.3, -0.25) is 4.68 Å². The molecule has 1 saturated heterocycles. The minimum absolute atomic E-state index is 0.829. The number of piperidine rings is 1. The zero-order valence-electron chi connectivity index (χ0n) is 11.5. The second-order valence-electron chi connectivity index (χ2n) is 5.49. The van der Waals surface area contributed by atoms with Crippen molar-refractivity contribution in [1.82, 2.24) is 9.78 Å². The third-order valence-corrected chi connectivity index (χ3v) is 4.04. The molecule has 0 atom stereocenters. The highest BCUT2D eigenvalue weighted by Gasteiger charge is 2.20. The van der Waals surface area contributed by atoms with Crippen LogP contribution in [-0.4, -0.2) is 22.9 Å². The van der Waals surface area contributed by atoms with Crippen molar-refractivity contribution in [2.24, 2.45) is 13.0 Å². The van der Waals surface area contributed by atoms with Gasteiger partial charge in [0.25, 0.3) is 0 Å². The summed E-state index contributed by atoms with van der Waals surface area (Å²) in [5, 5.41) is 4.25. The molecule has 3 rings (SSSR count). The maximum atomic E-state index is 4.25. The highest BCUT2D eigenvalue weighted by Crippen LogP contribution is 2.25. The lowest BCUT2D eigenvalue weighted by Gasteiger charge is -2.32. The van der Waals surface area contributed by atoms with Gasteiger partial charge in [0, 0.05) is 26.3 Å². The molecule has 1 aromatic heterocycles. The first kappa shape index (κ1) is 12.3. The maximum Gasteiger partial charge on any atom is 0.0752 e. The van der Waals surface area contributed by atoms with Crippen LogP contribution in [0.1, 0.15) is 18.4 Å². The normalized spacial score (nSPS) is 16.8. The molecule has 1 fully saturated rings. The molecule has 0 unspecified atom stereocenters. The van der Waals surface area contributed by atoms with Crippen LogP contribution in [0.5, 0.6) is 0 Å². The predicted molar refractivity (Wildman–Crippen MR) is 78.3 cm³/mol. The zero-order valence-corrected chi connectivity index (χ0v) is 11.5. The second-order valence-corrected chi connectivity index (χ2v) is 5.49. The maximum absolute atomic E-state index is 4.25. The molecule has 1 aliphatic rings. The summed E-state index contributed by atoms with van der Waals surface area (Å²) >= 11 is 0. The topological polar surface area (TPSA) is 21.1 Å². The number of hydrogen-bond donors (Lipinski definition) is 0.